The lowest BCUT2D eigenvalue weighted by Gasteiger charge is -2.31. The van der Waals surface area contributed by atoms with E-state index in [1.54, 1.807) is 0 Å². The number of nitrogens with zero attached hydrogens (tertiary/aromatic N) is 4. The molecule has 7 heteroatoms. The summed E-state index contributed by atoms with van der Waals surface area (Å²) in [7, 11) is 0. The van der Waals surface area contributed by atoms with Crippen molar-refractivity contribution in [3.63, 3.8) is 0 Å². The Bertz CT molecular complexity index is 1270. The van der Waals surface area contributed by atoms with Gasteiger partial charge < -0.3 is 4.90 Å². The van der Waals surface area contributed by atoms with Crippen molar-refractivity contribution in [2.24, 2.45) is 0 Å². The van der Waals surface area contributed by atoms with Crippen molar-refractivity contribution >= 4 is 23.6 Å². The highest BCUT2D eigenvalue weighted by Crippen LogP contribution is 2.37. The third-order valence-corrected chi connectivity index (χ3v) is 7.11. The fourth-order valence-electron chi connectivity index (χ4n) is 4.52. The summed E-state index contributed by atoms with van der Waals surface area (Å²) in [5.74, 6) is -0.491. The van der Waals surface area contributed by atoms with Crippen molar-refractivity contribution in [2.45, 2.75) is 38.4 Å². The molecule has 172 valence electrons. The van der Waals surface area contributed by atoms with Gasteiger partial charge in [0.1, 0.15) is 10.6 Å². The highest BCUT2D eigenvalue weighted by Gasteiger charge is 2.42. The number of benzene rings is 2. The summed E-state index contributed by atoms with van der Waals surface area (Å²) in [6.45, 7) is 5.45. The molecule has 2 aromatic carbocycles. The fraction of sp³-hybridized carbons (Fsp3) is 0.259. The van der Waals surface area contributed by atoms with Crippen LogP contribution in [0.15, 0.2) is 76.4 Å². The first-order valence-electron chi connectivity index (χ1n) is 11.5. The van der Waals surface area contributed by atoms with Crippen LogP contribution in [0.25, 0.3) is 0 Å². The highest BCUT2D eigenvalue weighted by atomic mass is 32.2. The van der Waals surface area contributed by atoms with E-state index in [2.05, 4.69) is 27.0 Å². The second-order valence-corrected chi connectivity index (χ2v) is 9.63. The number of carbonyl (C=O) groups is 2. The molecule has 0 aliphatic carbocycles. The number of imide groups is 1. The Balaban J connectivity index is 1.47. The van der Waals surface area contributed by atoms with Gasteiger partial charge in [-0.3, -0.25) is 14.5 Å². The maximum absolute atomic E-state index is 13.6. The monoisotopic (exact) mass is 470 g/mol. The van der Waals surface area contributed by atoms with E-state index < -0.39 is 0 Å². The van der Waals surface area contributed by atoms with Gasteiger partial charge in [-0.2, -0.15) is 0 Å². The third-order valence-electron chi connectivity index (χ3n) is 6.17. The van der Waals surface area contributed by atoms with Gasteiger partial charge in [-0.25, -0.2) is 9.97 Å². The van der Waals surface area contributed by atoms with Crippen molar-refractivity contribution in [3.05, 3.63) is 99.3 Å². The molecule has 0 unspecified atom stereocenters. The zero-order valence-electron chi connectivity index (χ0n) is 19.3. The first-order chi connectivity index (χ1) is 16.5. The lowest BCUT2D eigenvalue weighted by molar-refractivity contribution is -0.138. The quantitative estimate of drug-likeness (QED) is 0.400. The normalized spacial score (nSPS) is 15.8. The van der Waals surface area contributed by atoms with E-state index in [1.165, 1.54) is 27.8 Å². The van der Waals surface area contributed by atoms with Crippen LogP contribution in [0.5, 0.6) is 0 Å². The van der Waals surface area contributed by atoms with Gasteiger partial charge in [0.25, 0.3) is 11.8 Å². The summed E-state index contributed by atoms with van der Waals surface area (Å²) in [5.41, 5.74) is 5.72. The van der Waals surface area contributed by atoms with Gasteiger partial charge in [0.2, 0.25) is 0 Å². The Kier molecular flexibility index (Phi) is 6.20. The lowest BCUT2D eigenvalue weighted by Crippen LogP contribution is -2.38. The van der Waals surface area contributed by atoms with Crippen LogP contribution in [-0.4, -0.2) is 44.7 Å². The number of hydrogen-bond donors (Lipinski definition) is 0. The minimum atomic E-state index is -0.262. The topological polar surface area (TPSA) is 66.4 Å². The maximum Gasteiger partial charge on any atom is 0.278 e. The summed E-state index contributed by atoms with van der Waals surface area (Å²) >= 11 is 1.20. The number of amides is 2. The van der Waals surface area contributed by atoms with Gasteiger partial charge in [-0.1, -0.05) is 54.6 Å². The van der Waals surface area contributed by atoms with Crippen LogP contribution in [0.2, 0.25) is 0 Å². The predicted molar refractivity (Wildman–Crippen MR) is 132 cm³/mol. The number of rotatable bonds is 6. The van der Waals surface area contributed by atoms with Gasteiger partial charge in [0.05, 0.1) is 0 Å². The summed E-state index contributed by atoms with van der Waals surface area (Å²) < 4.78 is 0. The van der Waals surface area contributed by atoms with Crippen LogP contribution in [0.3, 0.4) is 0 Å². The van der Waals surface area contributed by atoms with E-state index in [9.17, 15) is 9.59 Å². The van der Waals surface area contributed by atoms with Crippen LogP contribution >= 0.6 is 11.8 Å². The molecule has 2 amide bonds. The largest absolute Gasteiger partial charge is 0.361 e. The van der Waals surface area contributed by atoms with Crippen LogP contribution in [0.4, 0.5) is 0 Å². The number of hydrogen-bond acceptors (Lipinski definition) is 6. The zero-order valence-corrected chi connectivity index (χ0v) is 20.1. The number of thioether (sulfide) groups is 1. The molecule has 6 nitrogen and oxygen atoms in total. The molecule has 3 heterocycles. The molecule has 0 N–H and O–H groups in total. The average molecular weight is 471 g/mol. The Labute approximate surface area is 203 Å². The van der Waals surface area contributed by atoms with E-state index in [4.69, 9.17) is 0 Å². The highest BCUT2D eigenvalue weighted by molar-refractivity contribution is 8.04. The predicted octanol–water partition coefficient (Wildman–Crippen LogP) is 4.07. The Morgan fingerprint density at radius 3 is 2.29 bits per heavy atom. The molecular weight excluding hydrogens is 444 g/mol. The summed E-state index contributed by atoms with van der Waals surface area (Å²) in [4.78, 5) is 40.1. The Morgan fingerprint density at radius 2 is 1.56 bits per heavy atom. The van der Waals surface area contributed by atoms with E-state index in [0.29, 0.717) is 41.8 Å². The molecule has 5 rings (SSSR count). The summed E-state index contributed by atoms with van der Waals surface area (Å²) in [6, 6.07) is 20.1. The average Bonchev–Trinajstić information content (AvgIpc) is 3.06. The molecule has 2 aliphatic heterocycles. The van der Waals surface area contributed by atoms with Crippen molar-refractivity contribution in [3.8, 4) is 0 Å². The van der Waals surface area contributed by atoms with Gasteiger partial charge in [-0.15, -0.1) is 0 Å². The summed E-state index contributed by atoms with van der Waals surface area (Å²) in [6.07, 6.45) is 1.45. The fourth-order valence-corrected chi connectivity index (χ4v) is 5.59. The molecule has 0 saturated heterocycles. The minimum Gasteiger partial charge on any atom is -0.361 e. The molecule has 0 fully saturated rings. The van der Waals surface area contributed by atoms with E-state index >= 15 is 0 Å². The zero-order chi connectivity index (χ0) is 23.7. The second kappa shape index (κ2) is 9.43. The number of aryl methyl sites for hydroxylation is 2. The van der Waals surface area contributed by atoms with Gasteiger partial charge in [0.15, 0.2) is 5.16 Å². The smallest absolute Gasteiger partial charge is 0.278 e. The van der Waals surface area contributed by atoms with Crippen molar-refractivity contribution in [1.82, 2.24) is 19.8 Å². The third kappa shape index (κ3) is 4.48. The number of carbonyl (C=O) groups excluding carboxylic acids is 2. The van der Waals surface area contributed by atoms with Crippen LogP contribution in [-0.2, 0) is 29.0 Å². The minimum absolute atomic E-state index is 0.229. The van der Waals surface area contributed by atoms with Gasteiger partial charge in [-0.05, 0) is 61.2 Å². The molecule has 1 aromatic heterocycles. The molecule has 3 aromatic rings. The number of fused-ring (bicyclic) bond motifs is 1. The van der Waals surface area contributed by atoms with Crippen molar-refractivity contribution < 1.29 is 9.59 Å². The van der Waals surface area contributed by atoms with Gasteiger partial charge >= 0.3 is 0 Å². The first kappa shape index (κ1) is 22.3. The molecule has 0 spiro atoms. The standard InChI is InChI=1S/C27H26N4O2S/c1-18-16-19(2)29-27(28-18)34-24-23(30-14-13-21-10-6-7-11-22(21)17-30)25(32)31(26(24)33)15-12-20-8-4-3-5-9-20/h3-11,16H,12-15,17H2,1-2H3. The molecule has 34 heavy (non-hydrogen) atoms. The first-order valence-corrected chi connectivity index (χ1v) is 12.3. The molecular formula is C27H26N4O2S. The SMILES string of the molecule is Cc1cc(C)nc(SC2=C(N3CCc4ccccc4C3)C(=O)N(CCc3ccccc3)C2=O)n1. The lowest BCUT2D eigenvalue weighted by atomic mass is 9.99. The maximum atomic E-state index is 13.6. The second-order valence-electron chi connectivity index (χ2n) is 8.65. The Morgan fingerprint density at radius 1 is 0.882 bits per heavy atom. The van der Waals surface area contributed by atoms with Crippen LogP contribution in [0.1, 0.15) is 28.1 Å². The van der Waals surface area contributed by atoms with Crippen molar-refractivity contribution in [2.75, 3.05) is 13.1 Å². The summed E-state index contributed by atoms with van der Waals surface area (Å²) in [5, 5.41) is 0.494. The van der Waals surface area contributed by atoms with Gasteiger partial charge in [0, 0.05) is 31.0 Å². The van der Waals surface area contributed by atoms with E-state index in [0.717, 1.165) is 23.4 Å². The molecule has 0 saturated carbocycles. The van der Waals surface area contributed by atoms with E-state index in [1.807, 2.05) is 62.4 Å². The molecule has 0 radical (unpaired) electrons. The molecule has 0 atom stereocenters. The van der Waals surface area contributed by atoms with Crippen LogP contribution in [0, 0.1) is 13.8 Å². The molecule has 2 aliphatic rings. The van der Waals surface area contributed by atoms with E-state index in [-0.39, 0.29) is 11.8 Å². The Hall–Kier alpha value is -3.45. The van der Waals surface area contributed by atoms with Crippen LogP contribution < -0.4 is 0 Å². The molecule has 0 bridgehead atoms. The van der Waals surface area contributed by atoms with Crippen molar-refractivity contribution in [1.29, 1.82) is 0 Å². The number of aromatic nitrogens is 2.